The maximum atomic E-state index is 10.4. The normalized spacial score (nSPS) is 17.4. The summed E-state index contributed by atoms with van der Waals surface area (Å²) in [4.78, 5) is 31.3. The molecule has 0 aliphatic carbocycles. The summed E-state index contributed by atoms with van der Waals surface area (Å²) in [5.41, 5.74) is -0.381. The third-order valence-electron chi connectivity index (χ3n) is 4.53. The molecule has 0 spiro atoms. The Morgan fingerprint density at radius 1 is 0.800 bits per heavy atom. The number of rotatable bonds is 12. The van der Waals surface area contributed by atoms with Crippen LogP contribution >= 0.6 is 7.28 Å². The fourth-order valence-corrected chi connectivity index (χ4v) is 5.23. The molecule has 0 aliphatic heterocycles. The van der Waals surface area contributed by atoms with Crippen LogP contribution in [0.5, 0.6) is 0 Å². The topological polar surface area (TPSA) is 60.7 Å². The maximum absolute atomic E-state index is 10.4. The van der Waals surface area contributed by atoms with Crippen LogP contribution in [0.4, 0.5) is 0 Å². The Labute approximate surface area is 126 Å². The van der Waals surface area contributed by atoms with E-state index in [1.54, 1.807) is 6.92 Å². The van der Waals surface area contributed by atoms with Crippen molar-refractivity contribution in [3.63, 3.8) is 0 Å². The van der Waals surface area contributed by atoms with Gasteiger partial charge in [0, 0.05) is 0 Å². The van der Waals surface area contributed by atoms with Gasteiger partial charge in [-0.05, 0) is 0 Å². The molecule has 0 aromatic carbocycles. The molecule has 0 radical (unpaired) electrons. The second-order valence-electron chi connectivity index (χ2n) is 6.52. The first-order chi connectivity index (χ1) is 9.25. The van der Waals surface area contributed by atoms with Crippen LogP contribution in [0.1, 0.15) is 85.5 Å². The van der Waals surface area contributed by atoms with Crippen LogP contribution < -0.4 is 0 Å². The molecule has 3 nitrogen and oxygen atoms in total. The predicted molar refractivity (Wildman–Crippen MR) is 90.0 cm³/mol. The third-order valence-corrected chi connectivity index (χ3v) is 7.81. The van der Waals surface area contributed by atoms with Crippen LogP contribution in [0.25, 0.3) is 0 Å². The van der Waals surface area contributed by atoms with E-state index >= 15 is 0 Å². The summed E-state index contributed by atoms with van der Waals surface area (Å²) >= 11 is 0. The quantitative estimate of drug-likeness (QED) is 0.357. The van der Waals surface area contributed by atoms with Crippen LogP contribution in [0, 0.1) is 5.92 Å². The monoisotopic (exact) mass is 308 g/mol. The van der Waals surface area contributed by atoms with E-state index in [0.717, 1.165) is 38.5 Å². The molecular weight excluding hydrogens is 271 g/mol. The van der Waals surface area contributed by atoms with Crippen LogP contribution in [-0.2, 0) is 0 Å². The summed E-state index contributed by atoms with van der Waals surface area (Å²) in [6.07, 6.45) is 9.43. The molecule has 3 N–H and O–H groups in total. The summed E-state index contributed by atoms with van der Waals surface area (Å²) in [5.74, 6) is 0.228. The second-order valence-corrected chi connectivity index (χ2v) is 10.2. The van der Waals surface area contributed by atoms with Crippen LogP contribution in [0.2, 0.25) is 0 Å². The second kappa shape index (κ2) is 9.35. The Morgan fingerprint density at radius 3 is 1.90 bits per heavy atom. The van der Waals surface area contributed by atoms with Gasteiger partial charge in [0.15, 0.2) is 0 Å². The van der Waals surface area contributed by atoms with E-state index < -0.39 is 7.28 Å². The van der Waals surface area contributed by atoms with Gasteiger partial charge >= 0.3 is 125 Å². The first kappa shape index (κ1) is 20.3. The van der Waals surface area contributed by atoms with Crippen molar-refractivity contribution in [2.24, 2.45) is 5.92 Å². The summed E-state index contributed by atoms with van der Waals surface area (Å²) in [5, 5.41) is 0. The Hall–Kier alpha value is 0.310. The van der Waals surface area contributed by atoms with Crippen molar-refractivity contribution in [1.29, 1.82) is 0 Å². The fraction of sp³-hybridized carbons (Fsp3) is 1.00. The number of hydrogen-bond donors (Lipinski definition) is 3. The predicted octanol–water partition coefficient (Wildman–Crippen LogP) is 4.84. The average molecular weight is 308 g/mol. The molecule has 0 saturated heterocycles. The molecule has 0 heterocycles. The van der Waals surface area contributed by atoms with E-state index in [9.17, 15) is 14.7 Å². The molecule has 0 fully saturated rings. The molecule has 2 atom stereocenters. The summed E-state index contributed by atoms with van der Waals surface area (Å²) in [7, 11) is -4.48. The van der Waals surface area contributed by atoms with Crippen LogP contribution in [0.3, 0.4) is 0 Å². The van der Waals surface area contributed by atoms with Gasteiger partial charge in [-0.15, -0.1) is 0 Å². The summed E-state index contributed by atoms with van der Waals surface area (Å²) < 4.78 is 0. The molecule has 0 rings (SSSR count). The van der Waals surface area contributed by atoms with Gasteiger partial charge < -0.3 is 0 Å². The molecular formula is C16H37O3P. The van der Waals surface area contributed by atoms with E-state index in [0.29, 0.717) is 6.42 Å². The molecule has 20 heavy (non-hydrogen) atoms. The van der Waals surface area contributed by atoms with Crippen molar-refractivity contribution >= 4 is 7.28 Å². The molecule has 0 bridgehead atoms. The van der Waals surface area contributed by atoms with E-state index in [1.165, 1.54) is 12.8 Å². The van der Waals surface area contributed by atoms with Crippen LogP contribution in [0.15, 0.2) is 0 Å². The van der Waals surface area contributed by atoms with E-state index in [1.807, 2.05) is 0 Å². The SMILES string of the molecule is CCCCCCC(C)P(O)(O)(O)CC(CC)CCCC. The van der Waals surface area contributed by atoms with Crippen molar-refractivity contribution in [3.8, 4) is 0 Å². The average Bonchev–Trinajstić information content (AvgIpc) is 2.38. The van der Waals surface area contributed by atoms with Crippen LogP contribution in [-0.4, -0.2) is 26.5 Å². The number of hydrogen-bond acceptors (Lipinski definition) is 3. The fourth-order valence-electron chi connectivity index (χ4n) is 2.72. The molecule has 0 aromatic rings. The first-order valence-electron chi connectivity index (χ1n) is 8.51. The molecule has 124 valence electrons. The third kappa shape index (κ3) is 7.93. The molecule has 0 aliphatic rings. The van der Waals surface area contributed by atoms with Crippen molar-refractivity contribution in [2.75, 3.05) is 6.16 Å². The van der Waals surface area contributed by atoms with Gasteiger partial charge in [-0.1, -0.05) is 0 Å². The molecule has 0 amide bonds. The Morgan fingerprint density at radius 2 is 1.40 bits per heavy atom. The summed E-state index contributed by atoms with van der Waals surface area (Å²) in [6, 6.07) is 0. The minimum absolute atomic E-state index is 0.192. The van der Waals surface area contributed by atoms with Gasteiger partial charge in [0.05, 0.1) is 0 Å². The number of unbranched alkanes of at least 4 members (excludes halogenated alkanes) is 4. The zero-order chi connectivity index (χ0) is 15.7. The van der Waals surface area contributed by atoms with Gasteiger partial charge in [0.1, 0.15) is 0 Å². The molecule has 2 unspecified atom stereocenters. The zero-order valence-corrected chi connectivity index (χ0v) is 14.9. The van der Waals surface area contributed by atoms with E-state index in [2.05, 4.69) is 20.8 Å². The van der Waals surface area contributed by atoms with E-state index in [4.69, 9.17) is 0 Å². The Balaban J connectivity index is 4.43. The molecule has 0 aromatic heterocycles. The van der Waals surface area contributed by atoms with Gasteiger partial charge in [-0.25, -0.2) is 0 Å². The summed E-state index contributed by atoms with van der Waals surface area (Å²) in [6.45, 7) is 8.17. The Kier molecular flexibility index (Phi) is 9.50. The standard InChI is InChI=1S/C16H37O3P/c1-5-8-10-11-12-15(4)20(17,18,19)14-16(7-3)13-9-6-2/h15-19H,5-14H2,1-4H3. The minimum atomic E-state index is -4.48. The first-order valence-corrected chi connectivity index (χ1v) is 10.9. The zero-order valence-electron chi connectivity index (χ0n) is 14.0. The van der Waals surface area contributed by atoms with Crippen molar-refractivity contribution in [1.82, 2.24) is 0 Å². The molecule has 4 heteroatoms. The van der Waals surface area contributed by atoms with Crippen molar-refractivity contribution in [3.05, 3.63) is 0 Å². The van der Waals surface area contributed by atoms with E-state index in [-0.39, 0.29) is 17.7 Å². The van der Waals surface area contributed by atoms with Gasteiger partial charge in [-0.2, -0.15) is 0 Å². The van der Waals surface area contributed by atoms with Gasteiger partial charge in [-0.3, -0.25) is 0 Å². The Bertz CT molecular complexity index is 248. The van der Waals surface area contributed by atoms with Crippen molar-refractivity contribution < 1.29 is 14.7 Å². The van der Waals surface area contributed by atoms with Gasteiger partial charge in [0.2, 0.25) is 0 Å². The molecule has 0 saturated carbocycles. The van der Waals surface area contributed by atoms with Gasteiger partial charge in [0.25, 0.3) is 0 Å². The van der Waals surface area contributed by atoms with Crippen molar-refractivity contribution in [2.45, 2.75) is 91.1 Å².